The SMILES string of the molecule is CC1(C)CCCN(C(=O)NCc2nccnc2Cl)C1. The Morgan fingerprint density at radius 1 is 1.47 bits per heavy atom. The van der Waals surface area contributed by atoms with Gasteiger partial charge in [0.1, 0.15) is 0 Å². The van der Waals surface area contributed by atoms with Gasteiger partial charge in [0.05, 0.1) is 12.2 Å². The quantitative estimate of drug-likeness (QED) is 0.906. The second kappa shape index (κ2) is 5.74. The third-order valence-electron chi connectivity index (χ3n) is 3.32. The largest absolute Gasteiger partial charge is 0.332 e. The smallest absolute Gasteiger partial charge is 0.317 e. The molecule has 6 heteroatoms. The number of likely N-dealkylation sites (tertiary alicyclic amines) is 1. The average molecular weight is 283 g/mol. The van der Waals surface area contributed by atoms with Gasteiger partial charge in [-0.25, -0.2) is 9.78 Å². The summed E-state index contributed by atoms with van der Waals surface area (Å²) in [4.78, 5) is 22.0. The van der Waals surface area contributed by atoms with Crippen molar-refractivity contribution in [1.82, 2.24) is 20.2 Å². The van der Waals surface area contributed by atoms with E-state index in [-0.39, 0.29) is 11.4 Å². The molecule has 1 saturated heterocycles. The maximum atomic E-state index is 12.1. The van der Waals surface area contributed by atoms with Gasteiger partial charge in [-0.3, -0.25) is 4.98 Å². The van der Waals surface area contributed by atoms with Gasteiger partial charge in [0, 0.05) is 25.5 Å². The van der Waals surface area contributed by atoms with Crippen molar-refractivity contribution in [3.8, 4) is 0 Å². The van der Waals surface area contributed by atoms with Crippen molar-refractivity contribution in [3.05, 3.63) is 23.2 Å². The second-order valence-electron chi connectivity index (χ2n) is 5.64. The Hall–Kier alpha value is -1.36. The van der Waals surface area contributed by atoms with E-state index in [4.69, 9.17) is 11.6 Å². The van der Waals surface area contributed by atoms with Gasteiger partial charge >= 0.3 is 6.03 Å². The maximum Gasteiger partial charge on any atom is 0.317 e. The molecule has 0 aromatic carbocycles. The lowest BCUT2D eigenvalue weighted by atomic mass is 9.84. The molecule has 104 valence electrons. The van der Waals surface area contributed by atoms with Crippen molar-refractivity contribution in [1.29, 1.82) is 0 Å². The molecule has 0 aliphatic carbocycles. The standard InChI is InChI=1S/C13H19ClN4O/c1-13(2)4-3-7-18(9-13)12(19)17-8-10-11(14)16-6-5-15-10/h5-6H,3-4,7-9H2,1-2H3,(H,17,19). The maximum absolute atomic E-state index is 12.1. The Balaban J connectivity index is 1.90. The first-order valence-corrected chi connectivity index (χ1v) is 6.84. The Labute approximate surface area is 118 Å². The highest BCUT2D eigenvalue weighted by molar-refractivity contribution is 6.29. The normalized spacial score (nSPS) is 18.2. The molecule has 1 aromatic heterocycles. The van der Waals surface area contributed by atoms with Gasteiger partial charge in [-0.15, -0.1) is 0 Å². The Kier molecular flexibility index (Phi) is 4.24. The fourth-order valence-corrected chi connectivity index (χ4v) is 2.51. The number of hydrogen-bond acceptors (Lipinski definition) is 3. The number of rotatable bonds is 2. The zero-order valence-corrected chi connectivity index (χ0v) is 12.1. The van der Waals surface area contributed by atoms with Crippen molar-refractivity contribution in [2.75, 3.05) is 13.1 Å². The molecular weight excluding hydrogens is 264 g/mol. The molecule has 2 amide bonds. The number of carbonyl (C=O) groups is 1. The van der Waals surface area contributed by atoms with Crippen LogP contribution in [0.15, 0.2) is 12.4 Å². The van der Waals surface area contributed by atoms with Crippen LogP contribution in [0.3, 0.4) is 0 Å². The fraction of sp³-hybridized carbons (Fsp3) is 0.615. The van der Waals surface area contributed by atoms with E-state index >= 15 is 0 Å². The monoisotopic (exact) mass is 282 g/mol. The first kappa shape index (κ1) is 14.1. The lowest BCUT2D eigenvalue weighted by Crippen LogP contribution is -2.47. The first-order chi connectivity index (χ1) is 8.98. The minimum atomic E-state index is -0.0607. The summed E-state index contributed by atoms with van der Waals surface area (Å²) in [6.45, 7) is 6.27. The lowest BCUT2D eigenvalue weighted by molar-refractivity contribution is 0.129. The lowest BCUT2D eigenvalue weighted by Gasteiger charge is -2.37. The predicted molar refractivity (Wildman–Crippen MR) is 73.9 cm³/mol. The van der Waals surface area contributed by atoms with Gasteiger partial charge in [-0.2, -0.15) is 0 Å². The molecule has 0 bridgehead atoms. The number of amides is 2. The van der Waals surface area contributed by atoms with Crippen LogP contribution in [-0.4, -0.2) is 34.0 Å². The molecule has 1 aliphatic heterocycles. The third kappa shape index (κ3) is 3.80. The van der Waals surface area contributed by atoms with Crippen LogP contribution < -0.4 is 5.32 Å². The number of urea groups is 1. The van der Waals surface area contributed by atoms with Gasteiger partial charge in [0.2, 0.25) is 0 Å². The molecule has 0 spiro atoms. The topological polar surface area (TPSA) is 58.1 Å². The van der Waals surface area contributed by atoms with Crippen LogP contribution in [-0.2, 0) is 6.54 Å². The summed E-state index contributed by atoms with van der Waals surface area (Å²) in [7, 11) is 0. The van der Waals surface area contributed by atoms with E-state index in [0.717, 1.165) is 25.9 Å². The molecule has 19 heavy (non-hydrogen) atoms. The highest BCUT2D eigenvalue weighted by Crippen LogP contribution is 2.28. The summed E-state index contributed by atoms with van der Waals surface area (Å²) in [6, 6.07) is -0.0607. The summed E-state index contributed by atoms with van der Waals surface area (Å²) in [5.74, 6) is 0. The van der Waals surface area contributed by atoms with E-state index in [1.807, 2.05) is 4.90 Å². The number of carbonyl (C=O) groups excluding carboxylic acids is 1. The summed E-state index contributed by atoms with van der Waals surface area (Å²) in [5, 5.41) is 3.18. The Morgan fingerprint density at radius 2 is 2.21 bits per heavy atom. The zero-order valence-electron chi connectivity index (χ0n) is 11.3. The van der Waals surface area contributed by atoms with Crippen molar-refractivity contribution >= 4 is 17.6 Å². The van der Waals surface area contributed by atoms with E-state index < -0.39 is 0 Å². The minimum absolute atomic E-state index is 0.0607. The molecular formula is C13H19ClN4O. The molecule has 0 radical (unpaired) electrons. The molecule has 0 saturated carbocycles. The molecule has 1 aromatic rings. The molecule has 5 nitrogen and oxygen atoms in total. The molecule has 0 unspecified atom stereocenters. The van der Waals surface area contributed by atoms with Crippen molar-refractivity contribution < 1.29 is 4.79 Å². The van der Waals surface area contributed by atoms with Gasteiger partial charge < -0.3 is 10.2 Å². The molecule has 1 fully saturated rings. The van der Waals surface area contributed by atoms with E-state index in [1.165, 1.54) is 6.20 Å². The number of halogens is 1. The van der Waals surface area contributed by atoms with Gasteiger partial charge in [-0.1, -0.05) is 25.4 Å². The summed E-state index contributed by atoms with van der Waals surface area (Å²) >= 11 is 5.90. The number of piperidine rings is 1. The number of nitrogens with zero attached hydrogens (tertiary/aromatic N) is 3. The Bertz CT molecular complexity index is 464. The number of nitrogens with one attached hydrogen (secondary N) is 1. The van der Waals surface area contributed by atoms with Crippen LogP contribution in [0.25, 0.3) is 0 Å². The van der Waals surface area contributed by atoms with E-state index in [9.17, 15) is 4.79 Å². The van der Waals surface area contributed by atoms with Crippen LogP contribution in [0, 0.1) is 5.41 Å². The van der Waals surface area contributed by atoms with Crippen LogP contribution in [0.4, 0.5) is 4.79 Å². The van der Waals surface area contributed by atoms with E-state index in [2.05, 4.69) is 29.1 Å². The van der Waals surface area contributed by atoms with Crippen LogP contribution in [0.2, 0.25) is 5.15 Å². The van der Waals surface area contributed by atoms with Gasteiger partial charge in [0.25, 0.3) is 0 Å². The van der Waals surface area contributed by atoms with Crippen molar-refractivity contribution in [2.24, 2.45) is 5.41 Å². The van der Waals surface area contributed by atoms with E-state index in [1.54, 1.807) is 6.20 Å². The number of aromatic nitrogens is 2. The third-order valence-corrected chi connectivity index (χ3v) is 3.63. The molecule has 0 atom stereocenters. The van der Waals surface area contributed by atoms with Crippen molar-refractivity contribution in [3.63, 3.8) is 0 Å². The minimum Gasteiger partial charge on any atom is -0.332 e. The Morgan fingerprint density at radius 3 is 2.89 bits per heavy atom. The zero-order chi connectivity index (χ0) is 13.9. The van der Waals surface area contributed by atoms with Crippen LogP contribution in [0.1, 0.15) is 32.4 Å². The fourth-order valence-electron chi connectivity index (χ4n) is 2.34. The van der Waals surface area contributed by atoms with Crippen LogP contribution >= 0.6 is 11.6 Å². The predicted octanol–water partition coefficient (Wildman–Crippen LogP) is 2.46. The first-order valence-electron chi connectivity index (χ1n) is 6.46. The average Bonchev–Trinajstić information content (AvgIpc) is 2.36. The summed E-state index contributed by atoms with van der Waals surface area (Å²) < 4.78 is 0. The van der Waals surface area contributed by atoms with Crippen molar-refractivity contribution in [2.45, 2.75) is 33.2 Å². The summed E-state index contributed by atoms with van der Waals surface area (Å²) in [6.07, 6.45) is 5.30. The highest BCUT2D eigenvalue weighted by Gasteiger charge is 2.28. The number of hydrogen-bond donors (Lipinski definition) is 1. The highest BCUT2D eigenvalue weighted by atomic mass is 35.5. The van der Waals surface area contributed by atoms with Gasteiger partial charge in [-0.05, 0) is 18.3 Å². The van der Waals surface area contributed by atoms with E-state index in [0.29, 0.717) is 17.4 Å². The summed E-state index contributed by atoms with van der Waals surface area (Å²) in [5.41, 5.74) is 0.786. The molecule has 2 rings (SSSR count). The van der Waals surface area contributed by atoms with Crippen LogP contribution in [0.5, 0.6) is 0 Å². The molecule has 1 aliphatic rings. The second-order valence-corrected chi connectivity index (χ2v) is 6.00. The molecule has 2 heterocycles. The van der Waals surface area contributed by atoms with Gasteiger partial charge in [0.15, 0.2) is 5.15 Å². The molecule has 1 N–H and O–H groups in total.